The summed E-state index contributed by atoms with van der Waals surface area (Å²) >= 11 is 1.47. The minimum Gasteiger partial charge on any atom is -0.448 e. The zero-order valence-corrected chi connectivity index (χ0v) is 11.6. The summed E-state index contributed by atoms with van der Waals surface area (Å²) in [5.41, 5.74) is 4.84. The minimum atomic E-state index is -0.838. The molecule has 1 aromatic heterocycles. The molecule has 100 valence electrons. The van der Waals surface area contributed by atoms with Gasteiger partial charge in [-0.2, -0.15) is 0 Å². The van der Waals surface area contributed by atoms with Crippen LogP contribution < -0.4 is 11.1 Å². The quantitative estimate of drug-likeness (QED) is 0.819. The Morgan fingerprint density at radius 3 is 2.56 bits per heavy atom. The fourth-order valence-electron chi connectivity index (χ4n) is 1.27. The van der Waals surface area contributed by atoms with Crippen LogP contribution in [0.5, 0.6) is 0 Å². The van der Waals surface area contributed by atoms with E-state index in [0.29, 0.717) is 4.88 Å². The van der Waals surface area contributed by atoms with Gasteiger partial charge in [0.05, 0.1) is 11.4 Å². The van der Waals surface area contributed by atoms with Crippen LogP contribution in [0.2, 0.25) is 0 Å². The van der Waals surface area contributed by atoms with Gasteiger partial charge in [0.2, 0.25) is 0 Å². The van der Waals surface area contributed by atoms with E-state index in [2.05, 4.69) is 30.8 Å². The maximum absolute atomic E-state index is 11.8. The molecule has 0 saturated heterocycles. The molecule has 1 aromatic rings. The average Bonchev–Trinajstić information content (AvgIpc) is 2.72. The van der Waals surface area contributed by atoms with Crippen molar-refractivity contribution in [3.05, 3.63) is 21.9 Å². The lowest BCUT2D eigenvalue weighted by molar-refractivity contribution is 0.0941. The van der Waals surface area contributed by atoms with Gasteiger partial charge in [-0.25, -0.2) is 4.79 Å². The van der Waals surface area contributed by atoms with Crippen LogP contribution in [0.3, 0.4) is 0 Å². The number of nitrogens with one attached hydrogen (secondary N) is 1. The highest BCUT2D eigenvalue weighted by molar-refractivity contribution is 7.14. The van der Waals surface area contributed by atoms with Crippen molar-refractivity contribution in [1.29, 1.82) is 0 Å². The van der Waals surface area contributed by atoms with Crippen molar-refractivity contribution in [3.63, 3.8) is 0 Å². The number of hydrogen-bond donors (Lipinski definition) is 2. The van der Waals surface area contributed by atoms with E-state index in [9.17, 15) is 9.59 Å². The first kappa shape index (κ1) is 14.5. The zero-order valence-electron chi connectivity index (χ0n) is 10.8. The Kier molecular flexibility index (Phi) is 4.72. The first-order valence-electron chi connectivity index (χ1n) is 5.61. The Bertz CT molecular complexity index is 435. The number of hydrogen-bond acceptors (Lipinski definition) is 4. The van der Waals surface area contributed by atoms with Gasteiger partial charge >= 0.3 is 6.09 Å². The molecule has 2 amide bonds. The molecule has 0 bridgehead atoms. The van der Waals surface area contributed by atoms with Gasteiger partial charge < -0.3 is 15.8 Å². The summed E-state index contributed by atoms with van der Waals surface area (Å²) in [6.07, 6.45) is -0.838. The summed E-state index contributed by atoms with van der Waals surface area (Å²) in [4.78, 5) is 23.9. The van der Waals surface area contributed by atoms with E-state index >= 15 is 0 Å². The summed E-state index contributed by atoms with van der Waals surface area (Å²) in [5, 5.41) is 2.66. The number of primary amides is 1. The molecule has 0 saturated carbocycles. The van der Waals surface area contributed by atoms with Crippen LogP contribution >= 0.6 is 11.3 Å². The van der Waals surface area contributed by atoms with Gasteiger partial charge in [-0.15, -0.1) is 11.3 Å². The third kappa shape index (κ3) is 4.37. The van der Waals surface area contributed by atoms with Gasteiger partial charge in [-0.3, -0.25) is 4.79 Å². The predicted octanol–water partition coefficient (Wildman–Crippen LogP) is 1.87. The SMILES string of the molecule is CC(C)(C)c1ccc(C(=O)NCCOC(N)=O)s1. The van der Waals surface area contributed by atoms with Crippen molar-refractivity contribution in [2.45, 2.75) is 26.2 Å². The Morgan fingerprint density at radius 1 is 1.39 bits per heavy atom. The van der Waals surface area contributed by atoms with Crippen molar-refractivity contribution in [3.8, 4) is 0 Å². The summed E-state index contributed by atoms with van der Waals surface area (Å²) in [7, 11) is 0. The Morgan fingerprint density at radius 2 is 2.06 bits per heavy atom. The number of carbonyl (C=O) groups excluding carboxylic acids is 2. The summed E-state index contributed by atoms with van der Waals surface area (Å²) in [5.74, 6) is -0.163. The second-order valence-corrected chi connectivity index (χ2v) is 5.92. The molecule has 0 spiro atoms. The van der Waals surface area contributed by atoms with Crippen molar-refractivity contribution >= 4 is 23.3 Å². The molecule has 0 aliphatic heterocycles. The second-order valence-electron chi connectivity index (χ2n) is 4.84. The average molecular weight is 270 g/mol. The van der Waals surface area contributed by atoms with Crippen LogP contribution in [0.1, 0.15) is 35.3 Å². The van der Waals surface area contributed by atoms with E-state index < -0.39 is 6.09 Å². The third-order valence-electron chi connectivity index (χ3n) is 2.20. The number of nitrogens with two attached hydrogens (primary N) is 1. The predicted molar refractivity (Wildman–Crippen MR) is 70.9 cm³/mol. The fourth-order valence-corrected chi connectivity index (χ4v) is 2.25. The van der Waals surface area contributed by atoms with Crippen LogP contribution in [0.15, 0.2) is 12.1 Å². The van der Waals surface area contributed by atoms with Gasteiger partial charge in [0.25, 0.3) is 5.91 Å². The maximum atomic E-state index is 11.8. The number of ether oxygens (including phenoxy) is 1. The summed E-state index contributed by atoms with van der Waals surface area (Å²) in [6, 6.07) is 3.76. The Labute approximate surface area is 110 Å². The van der Waals surface area contributed by atoms with E-state index in [-0.39, 0.29) is 24.5 Å². The fraction of sp³-hybridized carbons (Fsp3) is 0.500. The first-order chi connectivity index (χ1) is 8.30. The molecule has 5 nitrogen and oxygen atoms in total. The number of amides is 2. The normalized spacial score (nSPS) is 11.1. The van der Waals surface area contributed by atoms with Crippen molar-refractivity contribution < 1.29 is 14.3 Å². The van der Waals surface area contributed by atoms with E-state index in [0.717, 1.165) is 4.88 Å². The van der Waals surface area contributed by atoms with Gasteiger partial charge in [0, 0.05) is 4.88 Å². The highest BCUT2D eigenvalue weighted by Crippen LogP contribution is 2.29. The molecule has 18 heavy (non-hydrogen) atoms. The molecule has 0 aliphatic rings. The van der Waals surface area contributed by atoms with E-state index in [4.69, 9.17) is 5.73 Å². The van der Waals surface area contributed by atoms with E-state index in [1.165, 1.54) is 11.3 Å². The Balaban J connectivity index is 2.47. The molecular formula is C12H18N2O3S. The van der Waals surface area contributed by atoms with Crippen LogP contribution in [0.25, 0.3) is 0 Å². The molecule has 0 aromatic carbocycles. The first-order valence-corrected chi connectivity index (χ1v) is 6.43. The number of rotatable bonds is 4. The Hall–Kier alpha value is -1.56. The van der Waals surface area contributed by atoms with Crippen LogP contribution in [-0.4, -0.2) is 25.2 Å². The van der Waals surface area contributed by atoms with Crippen molar-refractivity contribution in [1.82, 2.24) is 5.32 Å². The molecule has 6 heteroatoms. The summed E-state index contributed by atoms with van der Waals surface area (Å²) < 4.78 is 4.52. The molecule has 0 aliphatic carbocycles. The number of thiophene rings is 1. The minimum absolute atomic E-state index is 0.0400. The van der Waals surface area contributed by atoms with Crippen LogP contribution in [0.4, 0.5) is 4.79 Å². The van der Waals surface area contributed by atoms with E-state index in [1.807, 2.05) is 6.07 Å². The van der Waals surface area contributed by atoms with Gasteiger partial charge in [-0.05, 0) is 17.5 Å². The van der Waals surface area contributed by atoms with Gasteiger partial charge in [-0.1, -0.05) is 20.8 Å². The molecule has 0 radical (unpaired) electrons. The topological polar surface area (TPSA) is 81.4 Å². The zero-order chi connectivity index (χ0) is 13.8. The third-order valence-corrected chi connectivity index (χ3v) is 3.71. The lowest BCUT2D eigenvalue weighted by Gasteiger charge is -2.15. The van der Waals surface area contributed by atoms with Crippen LogP contribution in [-0.2, 0) is 10.2 Å². The highest BCUT2D eigenvalue weighted by Gasteiger charge is 2.18. The lowest BCUT2D eigenvalue weighted by Crippen LogP contribution is -2.28. The van der Waals surface area contributed by atoms with Crippen molar-refractivity contribution in [2.24, 2.45) is 5.73 Å². The summed E-state index contributed by atoms with van der Waals surface area (Å²) in [6.45, 7) is 6.63. The molecule has 0 fully saturated rings. The molecule has 0 unspecified atom stereocenters. The number of carbonyl (C=O) groups is 2. The van der Waals surface area contributed by atoms with E-state index in [1.54, 1.807) is 6.07 Å². The molecule has 0 atom stereocenters. The second kappa shape index (κ2) is 5.86. The smallest absolute Gasteiger partial charge is 0.404 e. The highest BCUT2D eigenvalue weighted by atomic mass is 32.1. The largest absolute Gasteiger partial charge is 0.448 e. The molecule has 1 rings (SSSR count). The molecule has 1 heterocycles. The molecule has 3 N–H and O–H groups in total. The van der Waals surface area contributed by atoms with Crippen molar-refractivity contribution in [2.75, 3.05) is 13.2 Å². The maximum Gasteiger partial charge on any atom is 0.404 e. The van der Waals surface area contributed by atoms with Gasteiger partial charge in [0.15, 0.2) is 0 Å². The standard InChI is InChI=1S/C12H18N2O3S/c1-12(2,3)9-5-4-8(18-9)10(15)14-6-7-17-11(13)16/h4-5H,6-7H2,1-3H3,(H2,13,16)(H,14,15). The molecular weight excluding hydrogens is 252 g/mol. The lowest BCUT2D eigenvalue weighted by atomic mass is 9.95. The monoisotopic (exact) mass is 270 g/mol. The van der Waals surface area contributed by atoms with Gasteiger partial charge in [0.1, 0.15) is 6.61 Å². The van der Waals surface area contributed by atoms with Crippen LogP contribution in [0, 0.1) is 0 Å².